The average Bonchev–Trinajstić information content (AvgIpc) is 2.84. The second-order valence-corrected chi connectivity index (χ2v) is 7.41. The summed E-state index contributed by atoms with van der Waals surface area (Å²) in [6.07, 6.45) is 5.21. The zero-order valence-corrected chi connectivity index (χ0v) is 17.3. The van der Waals surface area contributed by atoms with Crippen molar-refractivity contribution in [2.75, 3.05) is 24.6 Å². The van der Waals surface area contributed by atoms with Crippen LogP contribution in [-0.4, -0.2) is 41.6 Å². The quantitative estimate of drug-likeness (QED) is 0.605. The van der Waals surface area contributed by atoms with Crippen LogP contribution >= 0.6 is 0 Å². The molecule has 1 fully saturated rings. The number of rotatable bonds is 8. The molecule has 31 heavy (non-hydrogen) atoms. The molecule has 4 rings (SSSR count). The van der Waals surface area contributed by atoms with E-state index < -0.39 is 0 Å². The topological polar surface area (TPSA) is 76.6 Å². The number of nitrogens with zero attached hydrogens (tertiary/aromatic N) is 3. The van der Waals surface area contributed by atoms with Crippen molar-refractivity contribution < 1.29 is 14.3 Å². The van der Waals surface area contributed by atoms with E-state index in [-0.39, 0.29) is 18.6 Å². The number of anilines is 1. The molecular formula is C24H26N4O3. The number of hydrogen-bond acceptors (Lipinski definition) is 6. The van der Waals surface area contributed by atoms with Gasteiger partial charge in [-0.25, -0.2) is 9.97 Å². The molecule has 1 aliphatic heterocycles. The average molecular weight is 418 g/mol. The lowest BCUT2D eigenvalue weighted by Gasteiger charge is -2.32. The van der Waals surface area contributed by atoms with Gasteiger partial charge in [0, 0.05) is 31.5 Å². The van der Waals surface area contributed by atoms with Crippen molar-refractivity contribution in [3.8, 4) is 11.5 Å². The first-order chi connectivity index (χ1) is 15.3. The number of aromatic nitrogens is 2. The highest BCUT2D eigenvalue weighted by molar-refractivity contribution is 5.77. The van der Waals surface area contributed by atoms with Gasteiger partial charge in [0.05, 0.1) is 0 Å². The molecule has 160 valence electrons. The number of nitrogens with one attached hydrogen (secondary N) is 1. The van der Waals surface area contributed by atoms with E-state index >= 15 is 0 Å². The van der Waals surface area contributed by atoms with Gasteiger partial charge in [0.25, 0.3) is 5.91 Å². The first-order valence-corrected chi connectivity index (χ1v) is 10.5. The van der Waals surface area contributed by atoms with Gasteiger partial charge in [-0.1, -0.05) is 30.3 Å². The van der Waals surface area contributed by atoms with Crippen LogP contribution in [0.25, 0.3) is 0 Å². The van der Waals surface area contributed by atoms with Crippen molar-refractivity contribution >= 4 is 11.9 Å². The molecule has 2 aromatic carbocycles. The first kappa shape index (κ1) is 20.7. The third kappa shape index (κ3) is 6.18. The molecule has 0 bridgehead atoms. The van der Waals surface area contributed by atoms with Crippen molar-refractivity contribution in [2.24, 2.45) is 0 Å². The molecule has 1 aliphatic rings. The van der Waals surface area contributed by atoms with Gasteiger partial charge in [0.2, 0.25) is 5.95 Å². The highest BCUT2D eigenvalue weighted by Gasteiger charge is 2.22. The Kier molecular flexibility index (Phi) is 6.95. The molecule has 0 aliphatic carbocycles. The Balaban J connectivity index is 1.16. The second-order valence-electron chi connectivity index (χ2n) is 7.41. The zero-order valence-electron chi connectivity index (χ0n) is 17.3. The molecule has 7 heteroatoms. The highest BCUT2D eigenvalue weighted by atomic mass is 16.5. The summed E-state index contributed by atoms with van der Waals surface area (Å²) < 4.78 is 11.4. The minimum atomic E-state index is -0.112. The molecule has 1 saturated heterocycles. The lowest BCUT2D eigenvalue weighted by atomic mass is 10.1. The number of amides is 1. The van der Waals surface area contributed by atoms with Crippen molar-refractivity contribution in [3.05, 3.63) is 78.6 Å². The number of carbonyl (C=O) groups is 1. The third-order valence-corrected chi connectivity index (χ3v) is 5.14. The second kappa shape index (κ2) is 10.4. The third-order valence-electron chi connectivity index (χ3n) is 5.14. The summed E-state index contributed by atoms with van der Waals surface area (Å²) >= 11 is 0. The molecular weight excluding hydrogens is 392 g/mol. The fraction of sp³-hybridized carbons (Fsp3) is 0.292. The van der Waals surface area contributed by atoms with E-state index in [0.29, 0.717) is 12.4 Å². The summed E-state index contributed by atoms with van der Waals surface area (Å²) in [7, 11) is 0. The van der Waals surface area contributed by atoms with Crippen LogP contribution in [0.3, 0.4) is 0 Å². The fourth-order valence-corrected chi connectivity index (χ4v) is 3.47. The standard InChI is InChI=1S/C24H26N4O3/c29-23(27-20-11-15-28(16-12-20)24-25-13-4-14-26-24)18-31-22-9-7-21(8-10-22)30-17-19-5-2-1-3-6-19/h1-10,13-14,20H,11-12,15-18H2,(H,27,29). The lowest BCUT2D eigenvalue weighted by Crippen LogP contribution is -2.46. The number of carbonyl (C=O) groups excluding carboxylic acids is 1. The van der Waals surface area contributed by atoms with Gasteiger partial charge in [0.1, 0.15) is 18.1 Å². The van der Waals surface area contributed by atoms with Crippen LogP contribution in [0.5, 0.6) is 11.5 Å². The summed E-state index contributed by atoms with van der Waals surface area (Å²) in [4.78, 5) is 23.0. The minimum absolute atomic E-state index is 0.00771. The summed E-state index contributed by atoms with van der Waals surface area (Å²) in [5.74, 6) is 2.03. The molecule has 1 aromatic heterocycles. The van der Waals surface area contributed by atoms with E-state index in [1.165, 1.54) is 0 Å². The van der Waals surface area contributed by atoms with Crippen LogP contribution in [0, 0.1) is 0 Å². The normalized spacial score (nSPS) is 14.1. The molecule has 0 spiro atoms. The zero-order chi connectivity index (χ0) is 21.3. The maximum absolute atomic E-state index is 12.3. The molecule has 3 aromatic rings. The SMILES string of the molecule is O=C(COc1ccc(OCc2ccccc2)cc1)NC1CCN(c2ncccn2)CC1. The van der Waals surface area contributed by atoms with Gasteiger partial charge in [0.15, 0.2) is 6.61 Å². The van der Waals surface area contributed by atoms with Gasteiger partial charge < -0.3 is 19.7 Å². The number of piperidine rings is 1. The van der Waals surface area contributed by atoms with Crippen LogP contribution in [0.15, 0.2) is 73.1 Å². The molecule has 0 unspecified atom stereocenters. The largest absolute Gasteiger partial charge is 0.489 e. The van der Waals surface area contributed by atoms with Crippen molar-refractivity contribution in [1.82, 2.24) is 15.3 Å². The summed E-state index contributed by atoms with van der Waals surface area (Å²) in [6, 6.07) is 19.3. The van der Waals surface area contributed by atoms with Crippen molar-refractivity contribution in [3.63, 3.8) is 0 Å². The monoisotopic (exact) mass is 418 g/mol. The molecule has 0 atom stereocenters. The maximum Gasteiger partial charge on any atom is 0.258 e. The van der Waals surface area contributed by atoms with Crippen LogP contribution in [0.1, 0.15) is 18.4 Å². The Bertz CT molecular complexity index is 944. The van der Waals surface area contributed by atoms with Gasteiger partial charge in [-0.15, -0.1) is 0 Å². The summed E-state index contributed by atoms with van der Waals surface area (Å²) in [5, 5.41) is 3.05. The van der Waals surface area contributed by atoms with E-state index in [1.54, 1.807) is 12.4 Å². The van der Waals surface area contributed by atoms with Crippen molar-refractivity contribution in [2.45, 2.75) is 25.5 Å². The van der Waals surface area contributed by atoms with Crippen LogP contribution < -0.4 is 19.7 Å². The van der Waals surface area contributed by atoms with E-state index in [1.807, 2.05) is 60.7 Å². The number of ether oxygens (including phenoxy) is 2. The summed E-state index contributed by atoms with van der Waals surface area (Å²) in [5.41, 5.74) is 1.11. The van der Waals surface area contributed by atoms with E-state index in [2.05, 4.69) is 20.2 Å². The molecule has 2 heterocycles. The molecule has 0 saturated carbocycles. The van der Waals surface area contributed by atoms with Gasteiger partial charge >= 0.3 is 0 Å². The minimum Gasteiger partial charge on any atom is -0.489 e. The molecule has 7 nitrogen and oxygen atoms in total. The lowest BCUT2D eigenvalue weighted by molar-refractivity contribution is -0.123. The van der Waals surface area contributed by atoms with Gasteiger partial charge in [-0.2, -0.15) is 0 Å². The molecule has 1 amide bonds. The smallest absolute Gasteiger partial charge is 0.258 e. The Morgan fingerprint density at radius 1 is 0.903 bits per heavy atom. The van der Waals surface area contributed by atoms with Gasteiger partial charge in [-0.3, -0.25) is 4.79 Å². The molecule has 0 radical (unpaired) electrons. The van der Waals surface area contributed by atoms with Crippen LogP contribution in [0.4, 0.5) is 5.95 Å². The predicted molar refractivity (Wildman–Crippen MR) is 118 cm³/mol. The Labute approximate surface area is 182 Å². The maximum atomic E-state index is 12.3. The summed E-state index contributed by atoms with van der Waals surface area (Å²) in [6.45, 7) is 2.14. The number of hydrogen-bond donors (Lipinski definition) is 1. The van der Waals surface area contributed by atoms with E-state index in [4.69, 9.17) is 9.47 Å². The first-order valence-electron chi connectivity index (χ1n) is 10.5. The molecule has 1 N–H and O–H groups in total. The van der Waals surface area contributed by atoms with Crippen LogP contribution in [-0.2, 0) is 11.4 Å². The number of benzene rings is 2. The van der Waals surface area contributed by atoms with Crippen molar-refractivity contribution in [1.29, 1.82) is 0 Å². The predicted octanol–water partition coefficient (Wildman–Crippen LogP) is 3.22. The van der Waals surface area contributed by atoms with Gasteiger partial charge in [-0.05, 0) is 48.7 Å². The Morgan fingerprint density at radius 2 is 1.55 bits per heavy atom. The Morgan fingerprint density at radius 3 is 2.23 bits per heavy atom. The Hall–Kier alpha value is -3.61. The van der Waals surface area contributed by atoms with E-state index in [9.17, 15) is 4.79 Å². The van der Waals surface area contributed by atoms with E-state index in [0.717, 1.165) is 43.2 Å². The van der Waals surface area contributed by atoms with Crippen LogP contribution in [0.2, 0.25) is 0 Å². The fourth-order valence-electron chi connectivity index (χ4n) is 3.47. The highest BCUT2D eigenvalue weighted by Crippen LogP contribution is 2.19.